The van der Waals surface area contributed by atoms with E-state index in [2.05, 4.69) is 10.3 Å². The number of benzene rings is 1. The number of carbonyl (C=O) groups excluding carboxylic acids is 1. The minimum absolute atomic E-state index is 0.226. The average molecular weight is 312 g/mol. The van der Waals surface area contributed by atoms with Crippen LogP contribution in [0.5, 0.6) is 5.75 Å². The van der Waals surface area contributed by atoms with E-state index in [4.69, 9.17) is 13.6 Å². The normalized spacial score (nSPS) is 10.5. The number of carbonyl (C=O) groups is 1. The van der Waals surface area contributed by atoms with E-state index >= 15 is 0 Å². The molecule has 2 aromatic heterocycles. The molecule has 0 saturated heterocycles. The van der Waals surface area contributed by atoms with Gasteiger partial charge in [-0.1, -0.05) is 6.07 Å². The summed E-state index contributed by atoms with van der Waals surface area (Å²) in [6.45, 7) is 3.97. The van der Waals surface area contributed by atoms with Crippen molar-refractivity contribution in [3.8, 4) is 5.75 Å². The zero-order chi connectivity index (χ0) is 16.2. The molecule has 0 saturated carbocycles. The lowest BCUT2D eigenvalue weighted by molar-refractivity contribution is 0.0996. The first-order valence-corrected chi connectivity index (χ1v) is 7.12. The third kappa shape index (κ3) is 3.60. The van der Waals surface area contributed by atoms with Crippen molar-refractivity contribution in [3.05, 3.63) is 65.8 Å². The summed E-state index contributed by atoms with van der Waals surface area (Å²) in [6, 6.07) is 10.3. The van der Waals surface area contributed by atoms with Crippen LogP contribution in [0.3, 0.4) is 0 Å². The van der Waals surface area contributed by atoms with Crippen LogP contribution in [0, 0.1) is 13.8 Å². The minimum atomic E-state index is -0.314. The van der Waals surface area contributed by atoms with Crippen LogP contribution >= 0.6 is 0 Å². The highest BCUT2D eigenvalue weighted by molar-refractivity contribution is 6.02. The monoisotopic (exact) mass is 312 g/mol. The number of oxazole rings is 1. The van der Waals surface area contributed by atoms with Gasteiger partial charge in [0, 0.05) is 11.8 Å². The predicted octanol–water partition coefficient (Wildman–Crippen LogP) is 3.72. The largest absolute Gasteiger partial charge is 0.484 e. The van der Waals surface area contributed by atoms with E-state index in [1.165, 1.54) is 6.26 Å². The van der Waals surface area contributed by atoms with Gasteiger partial charge in [-0.25, -0.2) is 4.98 Å². The molecule has 0 aliphatic carbocycles. The molecule has 3 aromatic rings. The zero-order valence-corrected chi connectivity index (χ0v) is 12.8. The van der Waals surface area contributed by atoms with Crippen LogP contribution < -0.4 is 10.1 Å². The zero-order valence-electron chi connectivity index (χ0n) is 12.8. The van der Waals surface area contributed by atoms with E-state index in [0.717, 1.165) is 11.5 Å². The number of rotatable bonds is 5. The van der Waals surface area contributed by atoms with Gasteiger partial charge in [0.05, 0.1) is 12.0 Å². The summed E-state index contributed by atoms with van der Waals surface area (Å²) in [7, 11) is 0. The first-order valence-electron chi connectivity index (χ1n) is 7.12. The highest BCUT2D eigenvalue weighted by Crippen LogP contribution is 2.20. The lowest BCUT2D eigenvalue weighted by Crippen LogP contribution is -2.10. The highest BCUT2D eigenvalue weighted by Gasteiger charge is 2.10. The number of hydrogen-bond donors (Lipinski definition) is 1. The van der Waals surface area contributed by atoms with Gasteiger partial charge in [0.25, 0.3) is 5.91 Å². The number of anilines is 1. The van der Waals surface area contributed by atoms with Crippen LogP contribution in [0.15, 0.2) is 51.5 Å². The molecule has 0 spiro atoms. The Bertz CT molecular complexity index is 786. The molecule has 6 nitrogen and oxygen atoms in total. The van der Waals surface area contributed by atoms with E-state index in [1.54, 1.807) is 36.4 Å². The number of hydrogen-bond acceptors (Lipinski definition) is 5. The Morgan fingerprint density at radius 3 is 2.83 bits per heavy atom. The molecular weight excluding hydrogens is 296 g/mol. The number of aryl methyl sites for hydroxylation is 2. The van der Waals surface area contributed by atoms with Gasteiger partial charge in [-0.05, 0) is 38.1 Å². The summed E-state index contributed by atoms with van der Waals surface area (Å²) in [5.41, 5.74) is 1.46. The summed E-state index contributed by atoms with van der Waals surface area (Å²) in [6.07, 6.45) is 1.45. The average Bonchev–Trinajstić information content (AvgIpc) is 3.16. The van der Waals surface area contributed by atoms with Crippen molar-refractivity contribution in [1.82, 2.24) is 4.98 Å². The number of amides is 1. The summed E-state index contributed by atoms with van der Waals surface area (Å²) in [5, 5.41) is 2.74. The molecular formula is C17H16N2O4. The fraction of sp³-hybridized carbons (Fsp3) is 0.176. The van der Waals surface area contributed by atoms with Gasteiger partial charge in [0.1, 0.15) is 11.5 Å². The molecule has 1 amide bonds. The number of furan rings is 1. The molecule has 0 radical (unpaired) electrons. The molecule has 0 aliphatic heterocycles. The maximum Gasteiger partial charge on any atom is 0.291 e. The van der Waals surface area contributed by atoms with Crippen molar-refractivity contribution < 1.29 is 18.4 Å². The predicted molar refractivity (Wildman–Crippen MR) is 83.4 cm³/mol. The Balaban J connectivity index is 1.64. The first-order chi connectivity index (χ1) is 11.1. The maximum absolute atomic E-state index is 11.9. The van der Waals surface area contributed by atoms with Crippen LogP contribution in [-0.2, 0) is 6.61 Å². The van der Waals surface area contributed by atoms with E-state index in [-0.39, 0.29) is 18.3 Å². The second-order valence-corrected chi connectivity index (χ2v) is 5.00. The van der Waals surface area contributed by atoms with Gasteiger partial charge in [-0.15, -0.1) is 0 Å². The molecule has 0 bridgehead atoms. The summed E-state index contributed by atoms with van der Waals surface area (Å²) in [5.74, 6) is 1.84. The Labute approximate surface area is 133 Å². The molecule has 3 rings (SSSR count). The SMILES string of the molecule is Cc1nc(COc2cccc(NC(=O)c3ccco3)c2)oc1C. The number of aromatic nitrogens is 1. The van der Waals surface area contributed by atoms with Crippen molar-refractivity contribution in [2.45, 2.75) is 20.5 Å². The second kappa shape index (κ2) is 6.39. The maximum atomic E-state index is 11.9. The van der Waals surface area contributed by atoms with Gasteiger partial charge < -0.3 is 18.9 Å². The van der Waals surface area contributed by atoms with Crippen LogP contribution in [0.2, 0.25) is 0 Å². The summed E-state index contributed by atoms with van der Waals surface area (Å²) in [4.78, 5) is 16.2. The number of nitrogens with zero attached hydrogens (tertiary/aromatic N) is 1. The van der Waals surface area contributed by atoms with Crippen molar-refractivity contribution in [3.63, 3.8) is 0 Å². The van der Waals surface area contributed by atoms with Gasteiger partial charge in [-0.2, -0.15) is 0 Å². The second-order valence-electron chi connectivity index (χ2n) is 5.00. The Kier molecular flexibility index (Phi) is 4.14. The quantitative estimate of drug-likeness (QED) is 0.777. The molecule has 2 heterocycles. The lowest BCUT2D eigenvalue weighted by atomic mass is 10.3. The van der Waals surface area contributed by atoms with Crippen LogP contribution in [-0.4, -0.2) is 10.9 Å². The van der Waals surface area contributed by atoms with Crippen molar-refractivity contribution in [2.75, 3.05) is 5.32 Å². The van der Waals surface area contributed by atoms with Gasteiger partial charge in [-0.3, -0.25) is 4.79 Å². The molecule has 0 atom stereocenters. The summed E-state index contributed by atoms with van der Waals surface area (Å²) < 4.78 is 16.2. The topological polar surface area (TPSA) is 77.5 Å². The molecule has 23 heavy (non-hydrogen) atoms. The van der Waals surface area contributed by atoms with E-state index in [1.807, 2.05) is 13.8 Å². The van der Waals surface area contributed by atoms with Crippen LogP contribution in [0.4, 0.5) is 5.69 Å². The minimum Gasteiger partial charge on any atom is -0.484 e. The Morgan fingerprint density at radius 2 is 2.13 bits per heavy atom. The van der Waals surface area contributed by atoms with Crippen molar-refractivity contribution in [1.29, 1.82) is 0 Å². The molecule has 6 heteroatoms. The van der Waals surface area contributed by atoms with Crippen molar-refractivity contribution >= 4 is 11.6 Å². The third-order valence-corrected chi connectivity index (χ3v) is 3.27. The van der Waals surface area contributed by atoms with Gasteiger partial charge >= 0.3 is 0 Å². The first kappa shape index (κ1) is 14.9. The lowest BCUT2D eigenvalue weighted by Gasteiger charge is -2.07. The third-order valence-electron chi connectivity index (χ3n) is 3.27. The van der Waals surface area contributed by atoms with E-state index in [9.17, 15) is 4.79 Å². The smallest absolute Gasteiger partial charge is 0.291 e. The van der Waals surface area contributed by atoms with Crippen molar-refractivity contribution in [2.24, 2.45) is 0 Å². The highest BCUT2D eigenvalue weighted by atomic mass is 16.5. The molecule has 0 aliphatic rings. The summed E-state index contributed by atoms with van der Waals surface area (Å²) >= 11 is 0. The van der Waals surface area contributed by atoms with E-state index < -0.39 is 0 Å². The Morgan fingerprint density at radius 1 is 1.26 bits per heavy atom. The number of ether oxygens (including phenoxy) is 1. The molecule has 0 unspecified atom stereocenters. The van der Waals surface area contributed by atoms with Gasteiger partial charge in [0.2, 0.25) is 5.89 Å². The standard InChI is InChI=1S/C17H16N2O4/c1-11-12(2)23-16(18-11)10-22-14-6-3-5-13(9-14)19-17(20)15-7-4-8-21-15/h3-9H,10H2,1-2H3,(H,19,20). The van der Waals surface area contributed by atoms with E-state index in [0.29, 0.717) is 17.3 Å². The number of nitrogens with one attached hydrogen (secondary N) is 1. The van der Waals surface area contributed by atoms with Crippen LogP contribution in [0.25, 0.3) is 0 Å². The molecule has 0 fully saturated rings. The Hall–Kier alpha value is -3.02. The molecule has 1 N–H and O–H groups in total. The fourth-order valence-corrected chi connectivity index (χ4v) is 2.01. The van der Waals surface area contributed by atoms with Crippen LogP contribution in [0.1, 0.15) is 27.9 Å². The fourth-order valence-electron chi connectivity index (χ4n) is 2.01. The van der Waals surface area contributed by atoms with Gasteiger partial charge in [0.15, 0.2) is 12.4 Å². The molecule has 1 aromatic carbocycles. The molecule has 118 valence electrons.